The molecule has 0 saturated heterocycles. The molecule has 3 aromatic heterocycles. The molecule has 130 valence electrons. The van der Waals surface area contributed by atoms with Crippen LogP contribution in [0.4, 0.5) is 11.5 Å². The van der Waals surface area contributed by atoms with Crippen LogP contribution in [0.25, 0.3) is 17.0 Å². The minimum absolute atomic E-state index is 0.520. The second-order valence-corrected chi connectivity index (χ2v) is 6.79. The van der Waals surface area contributed by atoms with Crippen molar-refractivity contribution in [2.75, 3.05) is 5.32 Å². The molecule has 4 aromatic rings. The molecule has 1 aromatic carbocycles. The van der Waals surface area contributed by atoms with Crippen LogP contribution < -0.4 is 5.32 Å². The van der Waals surface area contributed by atoms with Crippen LogP contribution in [0.5, 0.6) is 0 Å². The van der Waals surface area contributed by atoms with E-state index in [0.717, 1.165) is 34.2 Å². The van der Waals surface area contributed by atoms with E-state index in [1.165, 1.54) is 5.56 Å². The molecule has 4 nitrogen and oxygen atoms in total. The molecule has 1 N–H and O–H groups in total. The standard InChI is InChI=1S/C22H22N4/c1-15(2)17-10-12-18(13-11-17)24-22-21(19-8-4-5-14-23-19)25-20-9-6-7-16(3)26(20)22/h4-15,24H,1-3H3. The van der Waals surface area contributed by atoms with Crippen molar-refractivity contribution in [3.05, 3.63) is 78.1 Å². The van der Waals surface area contributed by atoms with E-state index in [1.54, 1.807) is 6.20 Å². The highest BCUT2D eigenvalue weighted by Crippen LogP contribution is 2.31. The first-order valence-electron chi connectivity index (χ1n) is 8.90. The van der Waals surface area contributed by atoms with Gasteiger partial charge in [-0.25, -0.2) is 4.98 Å². The number of pyridine rings is 2. The van der Waals surface area contributed by atoms with E-state index < -0.39 is 0 Å². The number of aryl methyl sites for hydroxylation is 1. The van der Waals surface area contributed by atoms with Gasteiger partial charge in [-0.2, -0.15) is 0 Å². The number of nitrogens with one attached hydrogen (secondary N) is 1. The summed E-state index contributed by atoms with van der Waals surface area (Å²) in [6.45, 7) is 6.49. The number of hydrogen-bond donors (Lipinski definition) is 1. The minimum Gasteiger partial charge on any atom is -0.339 e. The Kier molecular flexibility index (Phi) is 4.17. The van der Waals surface area contributed by atoms with Crippen LogP contribution in [0, 0.1) is 6.92 Å². The molecule has 3 heterocycles. The van der Waals surface area contributed by atoms with E-state index in [4.69, 9.17) is 4.98 Å². The maximum absolute atomic E-state index is 4.82. The monoisotopic (exact) mass is 342 g/mol. The molecule has 0 fully saturated rings. The number of nitrogens with zero attached hydrogens (tertiary/aromatic N) is 3. The lowest BCUT2D eigenvalue weighted by Crippen LogP contribution is -2.00. The number of rotatable bonds is 4. The first-order valence-corrected chi connectivity index (χ1v) is 8.90. The summed E-state index contributed by atoms with van der Waals surface area (Å²) in [5, 5.41) is 3.56. The molecule has 4 heteroatoms. The van der Waals surface area contributed by atoms with E-state index in [-0.39, 0.29) is 0 Å². The van der Waals surface area contributed by atoms with Gasteiger partial charge >= 0.3 is 0 Å². The van der Waals surface area contributed by atoms with Gasteiger partial charge in [-0.15, -0.1) is 0 Å². The molecule has 0 aliphatic rings. The average Bonchev–Trinajstić information content (AvgIpc) is 3.03. The number of benzene rings is 1. The third kappa shape index (κ3) is 2.94. The summed E-state index contributed by atoms with van der Waals surface area (Å²) >= 11 is 0. The summed E-state index contributed by atoms with van der Waals surface area (Å²) in [7, 11) is 0. The van der Waals surface area contributed by atoms with Crippen molar-refractivity contribution in [2.24, 2.45) is 0 Å². The predicted molar refractivity (Wildman–Crippen MR) is 107 cm³/mol. The van der Waals surface area contributed by atoms with Crippen LogP contribution in [0.2, 0.25) is 0 Å². The molecule has 0 saturated carbocycles. The Morgan fingerprint density at radius 3 is 2.42 bits per heavy atom. The minimum atomic E-state index is 0.520. The summed E-state index contributed by atoms with van der Waals surface area (Å²) in [5.74, 6) is 1.46. The summed E-state index contributed by atoms with van der Waals surface area (Å²) in [6, 6.07) is 20.6. The SMILES string of the molecule is Cc1cccc2nc(-c3ccccn3)c(Nc3ccc(C(C)C)cc3)n12. The maximum atomic E-state index is 4.82. The van der Waals surface area contributed by atoms with Crippen LogP contribution in [0.3, 0.4) is 0 Å². The lowest BCUT2D eigenvalue weighted by Gasteiger charge is -2.12. The highest BCUT2D eigenvalue weighted by atomic mass is 15.1. The van der Waals surface area contributed by atoms with Crippen molar-refractivity contribution in [1.82, 2.24) is 14.4 Å². The third-order valence-electron chi connectivity index (χ3n) is 4.59. The molecular formula is C22H22N4. The molecule has 0 amide bonds. The first kappa shape index (κ1) is 16.3. The first-order chi connectivity index (χ1) is 12.6. The van der Waals surface area contributed by atoms with Gasteiger partial charge in [0.1, 0.15) is 17.2 Å². The van der Waals surface area contributed by atoms with E-state index in [0.29, 0.717) is 5.92 Å². The fourth-order valence-electron chi connectivity index (χ4n) is 3.14. The van der Waals surface area contributed by atoms with Crippen molar-refractivity contribution >= 4 is 17.2 Å². The normalized spacial score (nSPS) is 11.2. The van der Waals surface area contributed by atoms with Gasteiger partial charge in [-0.3, -0.25) is 9.38 Å². The maximum Gasteiger partial charge on any atom is 0.145 e. The van der Waals surface area contributed by atoms with Gasteiger partial charge in [-0.1, -0.05) is 38.1 Å². The number of hydrogen-bond acceptors (Lipinski definition) is 3. The fourth-order valence-corrected chi connectivity index (χ4v) is 3.14. The van der Waals surface area contributed by atoms with Gasteiger partial charge in [0.25, 0.3) is 0 Å². The molecule has 26 heavy (non-hydrogen) atoms. The zero-order valence-electron chi connectivity index (χ0n) is 15.3. The summed E-state index contributed by atoms with van der Waals surface area (Å²) in [4.78, 5) is 9.32. The second kappa shape index (κ2) is 6.64. The van der Waals surface area contributed by atoms with Crippen molar-refractivity contribution in [3.8, 4) is 11.4 Å². The molecule has 0 atom stereocenters. The summed E-state index contributed by atoms with van der Waals surface area (Å²) in [6.07, 6.45) is 1.80. The molecule has 4 rings (SSSR count). The zero-order chi connectivity index (χ0) is 18.1. The van der Waals surface area contributed by atoms with E-state index in [2.05, 4.69) is 65.8 Å². The van der Waals surface area contributed by atoms with Gasteiger partial charge in [0.05, 0.1) is 5.69 Å². The molecular weight excluding hydrogens is 320 g/mol. The lowest BCUT2D eigenvalue weighted by atomic mass is 10.0. The zero-order valence-corrected chi connectivity index (χ0v) is 15.3. The molecule has 0 unspecified atom stereocenters. The van der Waals surface area contributed by atoms with Crippen molar-refractivity contribution < 1.29 is 0 Å². The molecule has 0 aliphatic heterocycles. The Labute approximate surface area is 153 Å². The Morgan fingerprint density at radius 1 is 0.923 bits per heavy atom. The highest BCUT2D eigenvalue weighted by Gasteiger charge is 2.16. The van der Waals surface area contributed by atoms with Gasteiger partial charge in [-0.05, 0) is 54.8 Å². The average molecular weight is 342 g/mol. The Hall–Kier alpha value is -3.14. The van der Waals surface area contributed by atoms with Crippen LogP contribution in [0.15, 0.2) is 66.9 Å². The third-order valence-corrected chi connectivity index (χ3v) is 4.59. The Bertz CT molecular complexity index is 1030. The van der Waals surface area contributed by atoms with Crippen LogP contribution >= 0.6 is 0 Å². The summed E-state index contributed by atoms with van der Waals surface area (Å²) in [5.41, 5.74) is 6.11. The highest BCUT2D eigenvalue weighted by molar-refractivity contribution is 5.78. The van der Waals surface area contributed by atoms with E-state index in [1.807, 2.05) is 30.3 Å². The van der Waals surface area contributed by atoms with Crippen molar-refractivity contribution in [1.29, 1.82) is 0 Å². The van der Waals surface area contributed by atoms with Crippen molar-refractivity contribution in [2.45, 2.75) is 26.7 Å². The largest absolute Gasteiger partial charge is 0.339 e. The van der Waals surface area contributed by atoms with Crippen LogP contribution in [0.1, 0.15) is 31.0 Å². The quantitative estimate of drug-likeness (QED) is 0.527. The lowest BCUT2D eigenvalue weighted by molar-refractivity contribution is 0.867. The fraction of sp³-hybridized carbons (Fsp3) is 0.182. The Morgan fingerprint density at radius 2 is 1.73 bits per heavy atom. The predicted octanol–water partition coefficient (Wildman–Crippen LogP) is 5.57. The summed E-state index contributed by atoms with van der Waals surface area (Å²) < 4.78 is 2.14. The second-order valence-electron chi connectivity index (χ2n) is 6.79. The number of fused-ring (bicyclic) bond motifs is 1. The Balaban J connectivity index is 1.84. The number of aromatic nitrogens is 3. The van der Waals surface area contributed by atoms with E-state index in [9.17, 15) is 0 Å². The van der Waals surface area contributed by atoms with Crippen molar-refractivity contribution in [3.63, 3.8) is 0 Å². The smallest absolute Gasteiger partial charge is 0.145 e. The molecule has 0 bridgehead atoms. The molecule has 0 aliphatic carbocycles. The van der Waals surface area contributed by atoms with Gasteiger partial charge in [0.2, 0.25) is 0 Å². The topological polar surface area (TPSA) is 42.2 Å². The number of imidazole rings is 1. The van der Waals surface area contributed by atoms with E-state index >= 15 is 0 Å². The molecule has 0 spiro atoms. The van der Waals surface area contributed by atoms with Gasteiger partial charge in [0, 0.05) is 17.6 Å². The number of anilines is 2. The van der Waals surface area contributed by atoms with Crippen LogP contribution in [-0.2, 0) is 0 Å². The van der Waals surface area contributed by atoms with Gasteiger partial charge < -0.3 is 5.32 Å². The van der Waals surface area contributed by atoms with Gasteiger partial charge in [0.15, 0.2) is 0 Å². The van der Waals surface area contributed by atoms with Crippen LogP contribution in [-0.4, -0.2) is 14.4 Å². The molecule has 0 radical (unpaired) electrons.